The molecular weight excluding hydrogens is 453 g/mol. The van der Waals surface area contributed by atoms with Crippen molar-refractivity contribution in [1.82, 2.24) is 24.8 Å². The fraction of sp³-hybridized carbons (Fsp3) is 0.208. The van der Waals surface area contributed by atoms with Crippen molar-refractivity contribution in [2.45, 2.75) is 32.5 Å². The minimum atomic E-state index is -0.319. The molecule has 172 valence electrons. The Hall–Kier alpha value is -3.97. The molecule has 2 aromatic heterocycles. The van der Waals surface area contributed by atoms with Gasteiger partial charge in [-0.15, -0.1) is 5.10 Å². The van der Waals surface area contributed by atoms with E-state index in [1.807, 2.05) is 49.6 Å². The molecule has 34 heavy (non-hydrogen) atoms. The number of halogens is 1. The van der Waals surface area contributed by atoms with Crippen molar-refractivity contribution in [1.29, 1.82) is 5.26 Å². The molecule has 0 bridgehead atoms. The number of nitriles is 1. The van der Waals surface area contributed by atoms with Gasteiger partial charge in [-0.3, -0.25) is 4.79 Å². The molecule has 0 aliphatic carbocycles. The van der Waals surface area contributed by atoms with Crippen LogP contribution in [0.5, 0.6) is 0 Å². The predicted octanol–water partition coefficient (Wildman–Crippen LogP) is 4.18. The van der Waals surface area contributed by atoms with Crippen molar-refractivity contribution in [3.05, 3.63) is 82.3 Å². The molecule has 4 aromatic rings. The zero-order valence-electron chi connectivity index (χ0n) is 18.9. The molecule has 0 saturated heterocycles. The molecule has 0 aliphatic heterocycles. The van der Waals surface area contributed by atoms with Crippen molar-refractivity contribution in [3.63, 3.8) is 0 Å². The molecule has 2 heterocycles. The number of benzene rings is 2. The summed E-state index contributed by atoms with van der Waals surface area (Å²) < 4.78 is 16.7. The zero-order chi connectivity index (χ0) is 24.2. The van der Waals surface area contributed by atoms with E-state index in [1.165, 1.54) is 23.9 Å². The Bertz CT molecular complexity index is 1370. The van der Waals surface area contributed by atoms with Crippen LogP contribution in [0.15, 0.2) is 53.7 Å². The first-order chi connectivity index (χ1) is 16.4. The highest BCUT2D eigenvalue weighted by atomic mass is 32.2. The number of hydrogen-bond donors (Lipinski definition) is 1. The lowest BCUT2D eigenvalue weighted by Crippen LogP contribution is -2.19. The quantitative estimate of drug-likeness (QED) is 0.403. The molecule has 1 amide bonds. The van der Waals surface area contributed by atoms with Crippen LogP contribution in [0.4, 0.5) is 10.2 Å². The number of rotatable bonds is 7. The van der Waals surface area contributed by atoms with Gasteiger partial charge in [0.2, 0.25) is 11.1 Å². The molecule has 1 N–H and O–H groups in total. The van der Waals surface area contributed by atoms with Crippen LogP contribution in [0, 0.1) is 37.9 Å². The third kappa shape index (κ3) is 4.84. The van der Waals surface area contributed by atoms with Gasteiger partial charge in [-0.2, -0.15) is 9.94 Å². The van der Waals surface area contributed by atoms with Gasteiger partial charge in [0.25, 0.3) is 0 Å². The first kappa shape index (κ1) is 23.2. The van der Waals surface area contributed by atoms with Gasteiger partial charge in [-0.05, 0) is 66.6 Å². The van der Waals surface area contributed by atoms with Gasteiger partial charge in [0.1, 0.15) is 17.7 Å². The summed E-state index contributed by atoms with van der Waals surface area (Å²) in [5.74, 6) is -0.138. The lowest BCUT2D eigenvalue weighted by Gasteiger charge is -2.13. The van der Waals surface area contributed by atoms with E-state index in [0.717, 1.165) is 28.1 Å². The average Bonchev–Trinajstić information content (AvgIpc) is 3.38. The number of nitrogens with zero attached hydrogens (tertiary/aromatic N) is 6. The summed E-state index contributed by atoms with van der Waals surface area (Å²) in [7, 11) is 0. The van der Waals surface area contributed by atoms with Crippen LogP contribution < -0.4 is 5.32 Å². The first-order valence-corrected chi connectivity index (χ1v) is 11.5. The third-order valence-electron chi connectivity index (χ3n) is 5.50. The molecule has 0 aliphatic rings. The summed E-state index contributed by atoms with van der Waals surface area (Å²) >= 11 is 1.20. The number of amides is 1. The van der Waals surface area contributed by atoms with Crippen LogP contribution >= 0.6 is 11.8 Å². The number of tetrazole rings is 1. The van der Waals surface area contributed by atoms with E-state index in [0.29, 0.717) is 23.1 Å². The van der Waals surface area contributed by atoms with Gasteiger partial charge in [0, 0.05) is 12.2 Å². The monoisotopic (exact) mass is 475 g/mol. The predicted molar refractivity (Wildman–Crippen MR) is 127 cm³/mol. The molecular formula is C24H22FN7OS. The summed E-state index contributed by atoms with van der Waals surface area (Å²) in [6.45, 7) is 6.12. The summed E-state index contributed by atoms with van der Waals surface area (Å²) in [5, 5.41) is 24.8. The number of thioether (sulfide) groups is 1. The fourth-order valence-electron chi connectivity index (χ4n) is 3.52. The normalized spacial score (nSPS) is 10.8. The Kier molecular flexibility index (Phi) is 6.75. The van der Waals surface area contributed by atoms with Crippen LogP contribution in [0.2, 0.25) is 0 Å². The maximum absolute atomic E-state index is 13.3. The Morgan fingerprint density at radius 3 is 2.50 bits per heavy atom. The summed E-state index contributed by atoms with van der Waals surface area (Å²) in [6.07, 6.45) is 0. The lowest BCUT2D eigenvalue weighted by molar-refractivity contribution is -0.113. The van der Waals surface area contributed by atoms with Crippen LogP contribution in [0.3, 0.4) is 0 Å². The van der Waals surface area contributed by atoms with Crippen LogP contribution in [0.25, 0.3) is 5.69 Å². The molecule has 0 atom stereocenters. The summed E-state index contributed by atoms with van der Waals surface area (Å²) in [4.78, 5) is 12.9. The summed E-state index contributed by atoms with van der Waals surface area (Å²) in [5.41, 5.74) is 4.81. The molecule has 0 fully saturated rings. The second kappa shape index (κ2) is 9.89. The molecule has 0 spiro atoms. The topological polar surface area (TPSA) is 101 Å². The number of carbonyl (C=O) groups is 1. The molecule has 0 saturated carbocycles. The molecule has 10 heteroatoms. The van der Waals surface area contributed by atoms with E-state index >= 15 is 0 Å². The van der Waals surface area contributed by atoms with Crippen molar-refractivity contribution in [3.8, 4) is 11.8 Å². The molecule has 0 unspecified atom stereocenters. The van der Waals surface area contributed by atoms with Crippen molar-refractivity contribution in [2.24, 2.45) is 0 Å². The number of hydrogen-bond acceptors (Lipinski definition) is 6. The number of anilines is 1. The van der Waals surface area contributed by atoms with Gasteiger partial charge in [-0.1, -0.05) is 41.6 Å². The van der Waals surface area contributed by atoms with E-state index in [-0.39, 0.29) is 17.5 Å². The molecule has 0 radical (unpaired) electrons. The third-order valence-corrected chi connectivity index (χ3v) is 6.42. The average molecular weight is 476 g/mol. The van der Waals surface area contributed by atoms with Gasteiger partial charge in [0.15, 0.2) is 0 Å². The van der Waals surface area contributed by atoms with Gasteiger partial charge in [0.05, 0.1) is 17.0 Å². The standard InChI is InChI=1S/C24H22FN7OS/c1-15-4-10-20(11-5-15)32-24(28-29-30-32)34-14-22(33)27-23-21(12-26)16(2)17(3)31(23)13-18-6-8-19(25)9-7-18/h4-11H,13-14H2,1-3H3,(H,27,33). The number of carbonyl (C=O) groups excluding carboxylic acids is 1. The highest BCUT2D eigenvalue weighted by molar-refractivity contribution is 7.99. The number of aromatic nitrogens is 5. The fourth-order valence-corrected chi connectivity index (χ4v) is 4.21. The SMILES string of the molecule is Cc1ccc(-n2nnnc2SCC(=O)Nc2c(C#N)c(C)c(C)n2Cc2ccc(F)cc2)cc1. The Balaban J connectivity index is 1.52. The second-order valence-corrected chi connectivity index (χ2v) is 8.75. The van der Waals surface area contributed by atoms with Crippen molar-refractivity contribution < 1.29 is 9.18 Å². The van der Waals surface area contributed by atoms with E-state index < -0.39 is 0 Å². The van der Waals surface area contributed by atoms with E-state index in [2.05, 4.69) is 26.9 Å². The molecule has 2 aromatic carbocycles. The highest BCUT2D eigenvalue weighted by Crippen LogP contribution is 2.28. The van der Waals surface area contributed by atoms with Crippen LogP contribution in [-0.2, 0) is 11.3 Å². The lowest BCUT2D eigenvalue weighted by atomic mass is 10.2. The Labute approximate surface area is 200 Å². The molecule has 4 rings (SSSR count). The maximum Gasteiger partial charge on any atom is 0.235 e. The smallest absolute Gasteiger partial charge is 0.235 e. The minimum absolute atomic E-state index is 0.0525. The number of nitrogens with one attached hydrogen (secondary N) is 1. The zero-order valence-corrected chi connectivity index (χ0v) is 19.7. The minimum Gasteiger partial charge on any atom is -0.326 e. The molecule has 8 nitrogen and oxygen atoms in total. The van der Waals surface area contributed by atoms with Gasteiger partial charge >= 0.3 is 0 Å². The van der Waals surface area contributed by atoms with Crippen LogP contribution in [0.1, 0.15) is 27.9 Å². The van der Waals surface area contributed by atoms with E-state index in [1.54, 1.807) is 16.8 Å². The second-order valence-electron chi connectivity index (χ2n) is 7.80. The van der Waals surface area contributed by atoms with E-state index in [4.69, 9.17) is 0 Å². The maximum atomic E-state index is 13.3. The van der Waals surface area contributed by atoms with E-state index in [9.17, 15) is 14.4 Å². The first-order valence-electron chi connectivity index (χ1n) is 10.5. The van der Waals surface area contributed by atoms with Crippen molar-refractivity contribution >= 4 is 23.5 Å². The largest absolute Gasteiger partial charge is 0.326 e. The van der Waals surface area contributed by atoms with Crippen molar-refractivity contribution in [2.75, 3.05) is 11.1 Å². The summed E-state index contributed by atoms with van der Waals surface area (Å²) in [6, 6.07) is 16.1. The van der Waals surface area contributed by atoms with Gasteiger partial charge in [-0.25, -0.2) is 4.39 Å². The number of aryl methyl sites for hydroxylation is 1. The Morgan fingerprint density at radius 1 is 1.12 bits per heavy atom. The Morgan fingerprint density at radius 2 is 1.82 bits per heavy atom. The van der Waals surface area contributed by atoms with Gasteiger partial charge < -0.3 is 9.88 Å². The van der Waals surface area contributed by atoms with Crippen LogP contribution in [-0.4, -0.2) is 36.4 Å². The highest BCUT2D eigenvalue weighted by Gasteiger charge is 2.20.